The third-order valence-electron chi connectivity index (χ3n) is 5.45. The summed E-state index contributed by atoms with van der Waals surface area (Å²) in [5, 5.41) is 3.51. The molecule has 0 unspecified atom stereocenters. The van der Waals surface area contributed by atoms with Crippen molar-refractivity contribution < 1.29 is 4.74 Å². The Bertz CT molecular complexity index is 1090. The highest BCUT2D eigenvalue weighted by Gasteiger charge is 2.21. The first-order chi connectivity index (χ1) is 13.6. The van der Waals surface area contributed by atoms with Crippen molar-refractivity contribution in [3.8, 4) is 5.75 Å². The first-order valence-electron chi connectivity index (χ1n) is 9.66. The van der Waals surface area contributed by atoms with Crippen LogP contribution >= 0.6 is 0 Å². The maximum Gasteiger partial charge on any atom is 0.329 e. The average molecular weight is 383 g/mol. The van der Waals surface area contributed by atoms with Gasteiger partial charge < -0.3 is 10.1 Å². The number of H-pyrrole nitrogens is 1. The average Bonchev–Trinajstić information content (AvgIpc) is 3.06. The Kier molecular flexibility index (Phi) is 4.93. The molecule has 4 rings (SSSR count). The summed E-state index contributed by atoms with van der Waals surface area (Å²) in [7, 11) is 3.25. The van der Waals surface area contributed by atoms with Crippen LogP contribution in [0.5, 0.6) is 5.75 Å². The third kappa shape index (κ3) is 3.42. The minimum atomic E-state index is -0.462. The maximum absolute atomic E-state index is 12.6. The van der Waals surface area contributed by atoms with E-state index >= 15 is 0 Å². The lowest BCUT2D eigenvalue weighted by Crippen LogP contribution is -2.29. The van der Waals surface area contributed by atoms with E-state index in [2.05, 4.69) is 15.3 Å². The number of imidazole rings is 1. The summed E-state index contributed by atoms with van der Waals surface area (Å²) in [6, 6.07) is 8.04. The van der Waals surface area contributed by atoms with E-state index < -0.39 is 11.2 Å². The normalized spacial score (nSPS) is 15.1. The summed E-state index contributed by atoms with van der Waals surface area (Å²) in [6.07, 6.45) is 5.81. The molecule has 8 heteroatoms. The van der Waals surface area contributed by atoms with Crippen LogP contribution in [0.4, 0.5) is 5.95 Å². The molecule has 0 saturated heterocycles. The zero-order chi connectivity index (χ0) is 19.7. The Labute approximate surface area is 162 Å². The Morgan fingerprint density at radius 3 is 2.57 bits per heavy atom. The molecule has 1 aromatic carbocycles. The predicted molar refractivity (Wildman–Crippen MR) is 108 cm³/mol. The molecule has 1 fully saturated rings. The van der Waals surface area contributed by atoms with E-state index in [9.17, 15) is 9.59 Å². The Morgan fingerprint density at radius 1 is 1.18 bits per heavy atom. The minimum absolute atomic E-state index is 0.330. The third-order valence-corrected chi connectivity index (χ3v) is 5.45. The first-order valence-corrected chi connectivity index (χ1v) is 9.66. The lowest BCUT2D eigenvalue weighted by Gasteiger charge is -2.23. The molecule has 2 aromatic heterocycles. The van der Waals surface area contributed by atoms with Gasteiger partial charge in [-0.25, -0.2) is 4.79 Å². The highest BCUT2D eigenvalue weighted by molar-refractivity contribution is 5.74. The van der Waals surface area contributed by atoms with Crippen molar-refractivity contribution in [2.24, 2.45) is 7.05 Å². The monoisotopic (exact) mass is 383 g/mol. The molecule has 0 amide bonds. The van der Waals surface area contributed by atoms with Crippen LogP contribution in [0.15, 0.2) is 33.9 Å². The SMILES string of the molecule is COc1ccc(Cn2c(NC3CCCCC3)nc3c2c(=O)[nH]c(=O)n3C)cc1. The molecule has 0 spiro atoms. The zero-order valence-electron chi connectivity index (χ0n) is 16.2. The largest absolute Gasteiger partial charge is 0.497 e. The molecule has 28 heavy (non-hydrogen) atoms. The van der Waals surface area contributed by atoms with E-state index in [0.29, 0.717) is 29.7 Å². The number of nitrogens with one attached hydrogen (secondary N) is 2. The summed E-state index contributed by atoms with van der Waals surface area (Å²) in [4.78, 5) is 31.6. The molecule has 2 heterocycles. The molecule has 148 valence electrons. The molecule has 0 bridgehead atoms. The van der Waals surface area contributed by atoms with Gasteiger partial charge >= 0.3 is 5.69 Å². The Balaban J connectivity index is 1.80. The zero-order valence-corrected chi connectivity index (χ0v) is 16.2. The van der Waals surface area contributed by atoms with Crippen molar-refractivity contribution in [2.45, 2.75) is 44.7 Å². The topological polar surface area (TPSA) is 93.9 Å². The minimum Gasteiger partial charge on any atom is -0.497 e. The first kappa shape index (κ1) is 18.3. The second-order valence-corrected chi connectivity index (χ2v) is 7.34. The molecule has 8 nitrogen and oxygen atoms in total. The van der Waals surface area contributed by atoms with Gasteiger partial charge in [-0.3, -0.25) is 18.9 Å². The summed E-state index contributed by atoms with van der Waals surface area (Å²) in [5.74, 6) is 1.41. The number of methoxy groups -OCH3 is 1. The van der Waals surface area contributed by atoms with Gasteiger partial charge in [-0.2, -0.15) is 4.98 Å². The molecule has 0 aliphatic heterocycles. The standard InChI is InChI=1S/C20H25N5O3/c1-24-17-16(18(26)23-20(24)27)25(12-13-8-10-15(28-2)11-9-13)19(22-17)21-14-6-4-3-5-7-14/h8-11,14H,3-7,12H2,1-2H3,(H,21,22)(H,23,26,27). The van der Waals surface area contributed by atoms with E-state index in [1.54, 1.807) is 14.2 Å². The number of benzene rings is 1. The Hall–Kier alpha value is -3.03. The van der Waals surface area contributed by atoms with Crippen LogP contribution < -0.4 is 21.3 Å². The van der Waals surface area contributed by atoms with Gasteiger partial charge in [0.15, 0.2) is 11.2 Å². The summed E-state index contributed by atoms with van der Waals surface area (Å²) >= 11 is 0. The van der Waals surface area contributed by atoms with Crippen LogP contribution in [0.1, 0.15) is 37.7 Å². The van der Waals surface area contributed by atoms with Gasteiger partial charge in [0.05, 0.1) is 13.7 Å². The van der Waals surface area contributed by atoms with E-state index in [1.165, 1.54) is 23.8 Å². The van der Waals surface area contributed by atoms with Gasteiger partial charge in [-0.1, -0.05) is 31.4 Å². The number of aromatic nitrogens is 4. The highest BCUT2D eigenvalue weighted by Crippen LogP contribution is 2.24. The van der Waals surface area contributed by atoms with E-state index in [-0.39, 0.29) is 0 Å². The number of aromatic amines is 1. The van der Waals surface area contributed by atoms with Crippen molar-refractivity contribution in [3.05, 3.63) is 50.7 Å². The van der Waals surface area contributed by atoms with E-state index in [4.69, 9.17) is 4.74 Å². The second-order valence-electron chi connectivity index (χ2n) is 7.34. The Morgan fingerprint density at radius 2 is 1.89 bits per heavy atom. The van der Waals surface area contributed by atoms with Crippen LogP contribution in [0.3, 0.4) is 0 Å². The van der Waals surface area contributed by atoms with Crippen LogP contribution in [-0.4, -0.2) is 32.3 Å². The van der Waals surface area contributed by atoms with Crippen LogP contribution in [0, 0.1) is 0 Å². The molecule has 2 N–H and O–H groups in total. The molecule has 1 saturated carbocycles. The fraction of sp³-hybridized carbons (Fsp3) is 0.450. The molecule has 0 atom stereocenters. The highest BCUT2D eigenvalue weighted by atomic mass is 16.5. The lowest BCUT2D eigenvalue weighted by atomic mass is 9.96. The smallest absolute Gasteiger partial charge is 0.329 e. The van der Waals surface area contributed by atoms with Crippen molar-refractivity contribution >= 4 is 17.1 Å². The van der Waals surface area contributed by atoms with Gasteiger partial charge in [0.1, 0.15) is 5.75 Å². The van der Waals surface area contributed by atoms with Crippen molar-refractivity contribution in [2.75, 3.05) is 12.4 Å². The number of anilines is 1. The predicted octanol–water partition coefficient (Wildman–Crippen LogP) is 2.22. The fourth-order valence-corrected chi connectivity index (χ4v) is 3.84. The molecule has 1 aliphatic carbocycles. The van der Waals surface area contributed by atoms with Crippen molar-refractivity contribution in [1.82, 2.24) is 19.1 Å². The van der Waals surface area contributed by atoms with Gasteiger partial charge in [0.2, 0.25) is 5.95 Å². The number of fused-ring (bicyclic) bond motifs is 1. The van der Waals surface area contributed by atoms with E-state index in [1.807, 2.05) is 28.8 Å². The number of nitrogens with zero attached hydrogens (tertiary/aromatic N) is 3. The molecule has 3 aromatic rings. The number of hydrogen-bond donors (Lipinski definition) is 2. The van der Waals surface area contributed by atoms with Crippen molar-refractivity contribution in [1.29, 1.82) is 0 Å². The van der Waals surface area contributed by atoms with Crippen molar-refractivity contribution in [3.63, 3.8) is 0 Å². The second kappa shape index (κ2) is 7.53. The van der Waals surface area contributed by atoms with Gasteiger partial charge in [0, 0.05) is 13.1 Å². The quantitative estimate of drug-likeness (QED) is 0.705. The molecular formula is C20H25N5O3. The summed E-state index contributed by atoms with van der Waals surface area (Å²) in [6.45, 7) is 0.469. The van der Waals surface area contributed by atoms with Crippen LogP contribution in [-0.2, 0) is 13.6 Å². The van der Waals surface area contributed by atoms with Crippen LogP contribution in [0.2, 0.25) is 0 Å². The fourth-order valence-electron chi connectivity index (χ4n) is 3.84. The number of aryl methyl sites for hydroxylation is 1. The van der Waals surface area contributed by atoms with Gasteiger partial charge in [0.25, 0.3) is 5.56 Å². The molecular weight excluding hydrogens is 358 g/mol. The van der Waals surface area contributed by atoms with Gasteiger partial charge in [-0.05, 0) is 30.5 Å². The molecule has 1 aliphatic rings. The number of rotatable bonds is 5. The number of ether oxygens (including phenoxy) is 1. The number of hydrogen-bond acceptors (Lipinski definition) is 5. The van der Waals surface area contributed by atoms with Gasteiger partial charge in [-0.15, -0.1) is 0 Å². The summed E-state index contributed by atoms with van der Waals surface area (Å²) in [5.41, 5.74) is 0.920. The lowest BCUT2D eigenvalue weighted by molar-refractivity contribution is 0.414. The van der Waals surface area contributed by atoms with E-state index in [0.717, 1.165) is 24.2 Å². The summed E-state index contributed by atoms with van der Waals surface area (Å²) < 4.78 is 8.47. The van der Waals surface area contributed by atoms with Crippen LogP contribution in [0.25, 0.3) is 11.2 Å². The maximum atomic E-state index is 12.6. The molecule has 0 radical (unpaired) electrons.